The SMILES string of the molecule is CO[C@@H]1C[C@H](COc2cccnc2)N(CCCS(C)(=O)=O)C1. The fourth-order valence-corrected chi connectivity index (χ4v) is 3.36. The van der Waals surface area contributed by atoms with Gasteiger partial charge in [0.1, 0.15) is 22.2 Å². The number of ether oxygens (including phenoxy) is 2. The maximum absolute atomic E-state index is 11.2. The molecule has 0 aromatic carbocycles. The van der Waals surface area contributed by atoms with Crippen LogP contribution in [0.1, 0.15) is 12.8 Å². The van der Waals surface area contributed by atoms with Crippen molar-refractivity contribution in [1.82, 2.24) is 9.88 Å². The van der Waals surface area contributed by atoms with Crippen molar-refractivity contribution in [3.8, 4) is 5.75 Å². The molecule has 2 atom stereocenters. The van der Waals surface area contributed by atoms with Gasteiger partial charge in [-0.3, -0.25) is 9.88 Å². The third-order valence-electron chi connectivity index (χ3n) is 3.86. The van der Waals surface area contributed by atoms with Crippen LogP contribution >= 0.6 is 0 Å². The predicted octanol–water partition coefficient (Wildman–Crippen LogP) is 0.984. The quantitative estimate of drug-likeness (QED) is 0.709. The Hall–Kier alpha value is -1.18. The Balaban J connectivity index is 1.85. The summed E-state index contributed by atoms with van der Waals surface area (Å²) in [5.74, 6) is 0.969. The van der Waals surface area contributed by atoms with E-state index in [9.17, 15) is 8.42 Å². The topological polar surface area (TPSA) is 68.7 Å². The van der Waals surface area contributed by atoms with Crippen molar-refractivity contribution in [2.75, 3.05) is 38.8 Å². The molecule has 0 aliphatic carbocycles. The molecule has 2 rings (SSSR count). The normalized spacial score (nSPS) is 22.8. The summed E-state index contributed by atoms with van der Waals surface area (Å²) in [6, 6.07) is 3.96. The van der Waals surface area contributed by atoms with Crippen LogP contribution in [0.2, 0.25) is 0 Å². The van der Waals surface area contributed by atoms with Gasteiger partial charge >= 0.3 is 0 Å². The van der Waals surface area contributed by atoms with Gasteiger partial charge in [-0.15, -0.1) is 0 Å². The van der Waals surface area contributed by atoms with Gasteiger partial charge in [0.25, 0.3) is 0 Å². The molecule has 0 unspecified atom stereocenters. The molecule has 0 radical (unpaired) electrons. The van der Waals surface area contributed by atoms with Gasteiger partial charge in [0.05, 0.1) is 18.1 Å². The smallest absolute Gasteiger partial charge is 0.147 e. The van der Waals surface area contributed by atoms with Crippen LogP contribution in [0.15, 0.2) is 24.5 Å². The Labute approximate surface area is 132 Å². The Morgan fingerprint density at radius 1 is 1.45 bits per heavy atom. The fraction of sp³-hybridized carbons (Fsp3) is 0.667. The minimum absolute atomic E-state index is 0.181. The van der Waals surface area contributed by atoms with E-state index < -0.39 is 9.84 Å². The lowest BCUT2D eigenvalue weighted by Gasteiger charge is -2.23. The number of rotatable bonds is 8. The second kappa shape index (κ2) is 7.89. The maximum atomic E-state index is 11.2. The summed E-state index contributed by atoms with van der Waals surface area (Å²) in [5, 5.41) is 0. The Kier molecular flexibility index (Phi) is 6.16. The lowest BCUT2D eigenvalue weighted by Crippen LogP contribution is -2.35. The van der Waals surface area contributed by atoms with Gasteiger partial charge in [-0.05, 0) is 31.5 Å². The number of methoxy groups -OCH3 is 1. The van der Waals surface area contributed by atoms with Gasteiger partial charge in [-0.2, -0.15) is 0 Å². The molecule has 1 aliphatic heterocycles. The van der Waals surface area contributed by atoms with E-state index in [1.807, 2.05) is 12.1 Å². The number of nitrogens with zero attached hydrogens (tertiary/aromatic N) is 2. The molecule has 124 valence electrons. The largest absolute Gasteiger partial charge is 0.490 e. The van der Waals surface area contributed by atoms with E-state index in [1.54, 1.807) is 19.5 Å². The van der Waals surface area contributed by atoms with Crippen LogP contribution in [-0.2, 0) is 14.6 Å². The average molecular weight is 328 g/mol. The van der Waals surface area contributed by atoms with Crippen molar-refractivity contribution in [1.29, 1.82) is 0 Å². The van der Waals surface area contributed by atoms with Gasteiger partial charge in [-0.1, -0.05) is 0 Å². The zero-order valence-corrected chi connectivity index (χ0v) is 14.0. The van der Waals surface area contributed by atoms with Gasteiger partial charge in [0.15, 0.2) is 0 Å². The summed E-state index contributed by atoms with van der Waals surface area (Å²) in [6.45, 7) is 2.12. The van der Waals surface area contributed by atoms with Crippen molar-refractivity contribution < 1.29 is 17.9 Å². The van der Waals surface area contributed by atoms with E-state index >= 15 is 0 Å². The molecule has 1 aromatic heterocycles. The van der Waals surface area contributed by atoms with Gasteiger partial charge in [0, 0.05) is 32.1 Å². The minimum Gasteiger partial charge on any atom is -0.490 e. The predicted molar refractivity (Wildman–Crippen MR) is 84.8 cm³/mol. The first-order valence-corrected chi connectivity index (χ1v) is 9.51. The molecule has 0 saturated carbocycles. The van der Waals surface area contributed by atoms with Crippen molar-refractivity contribution in [2.24, 2.45) is 0 Å². The minimum atomic E-state index is -2.91. The molecule has 1 aromatic rings. The number of likely N-dealkylation sites (tertiary alicyclic amines) is 1. The van der Waals surface area contributed by atoms with Crippen LogP contribution in [-0.4, -0.2) is 69.3 Å². The van der Waals surface area contributed by atoms with Crippen LogP contribution in [0.4, 0.5) is 0 Å². The average Bonchev–Trinajstić information content (AvgIpc) is 2.87. The van der Waals surface area contributed by atoms with E-state index in [-0.39, 0.29) is 17.9 Å². The van der Waals surface area contributed by atoms with Crippen molar-refractivity contribution in [3.05, 3.63) is 24.5 Å². The van der Waals surface area contributed by atoms with Gasteiger partial charge in [0.2, 0.25) is 0 Å². The standard InChI is InChI=1S/C15H24N2O4S/c1-20-15-9-13(12-21-14-5-3-6-16-10-14)17(11-15)7-4-8-22(2,18)19/h3,5-6,10,13,15H,4,7-9,11-12H2,1-2H3/t13-,15-/m1/s1. The van der Waals surface area contributed by atoms with E-state index in [4.69, 9.17) is 9.47 Å². The zero-order valence-electron chi connectivity index (χ0n) is 13.1. The highest BCUT2D eigenvalue weighted by atomic mass is 32.2. The summed E-state index contributed by atoms with van der Waals surface area (Å²) in [7, 11) is -1.19. The molecule has 0 N–H and O–H groups in total. The van der Waals surface area contributed by atoms with E-state index in [1.165, 1.54) is 6.26 Å². The van der Waals surface area contributed by atoms with Gasteiger partial charge < -0.3 is 9.47 Å². The molecule has 2 heterocycles. The first kappa shape index (κ1) is 17.2. The zero-order chi connectivity index (χ0) is 16.0. The third-order valence-corrected chi connectivity index (χ3v) is 4.89. The number of aromatic nitrogens is 1. The first-order chi connectivity index (χ1) is 10.5. The summed E-state index contributed by atoms with van der Waals surface area (Å²) >= 11 is 0. The highest BCUT2D eigenvalue weighted by Crippen LogP contribution is 2.21. The highest BCUT2D eigenvalue weighted by molar-refractivity contribution is 7.90. The molecule has 1 saturated heterocycles. The molecular formula is C15H24N2O4S. The van der Waals surface area contributed by atoms with Crippen LogP contribution in [0.25, 0.3) is 0 Å². The Bertz CT molecular complexity index is 550. The van der Waals surface area contributed by atoms with Crippen LogP contribution in [0.3, 0.4) is 0 Å². The lowest BCUT2D eigenvalue weighted by molar-refractivity contribution is 0.108. The van der Waals surface area contributed by atoms with E-state index in [0.29, 0.717) is 13.0 Å². The molecule has 7 heteroatoms. The summed E-state index contributed by atoms with van der Waals surface area (Å²) < 4.78 is 33.7. The summed E-state index contributed by atoms with van der Waals surface area (Å²) in [5.41, 5.74) is 0. The Morgan fingerprint density at radius 3 is 2.91 bits per heavy atom. The lowest BCUT2D eigenvalue weighted by atomic mass is 10.2. The number of hydrogen-bond donors (Lipinski definition) is 0. The fourth-order valence-electron chi connectivity index (χ4n) is 2.71. The molecule has 22 heavy (non-hydrogen) atoms. The maximum Gasteiger partial charge on any atom is 0.147 e. The Morgan fingerprint density at radius 2 is 2.27 bits per heavy atom. The van der Waals surface area contributed by atoms with Crippen molar-refractivity contribution in [3.63, 3.8) is 0 Å². The highest BCUT2D eigenvalue weighted by Gasteiger charge is 2.32. The van der Waals surface area contributed by atoms with Crippen LogP contribution in [0, 0.1) is 0 Å². The molecule has 0 spiro atoms. The van der Waals surface area contributed by atoms with Gasteiger partial charge in [-0.25, -0.2) is 8.42 Å². The monoisotopic (exact) mass is 328 g/mol. The van der Waals surface area contributed by atoms with Crippen molar-refractivity contribution in [2.45, 2.75) is 25.0 Å². The summed E-state index contributed by atoms with van der Waals surface area (Å²) in [6.07, 6.45) is 6.39. The number of hydrogen-bond acceptors (Lipinski definition) is 6. The molecule has 6 nitrogen and oxygen atoms in total. The first-order valence-electron chi connectivity index (χ1n) is 7.45. The molecule has 0 bridgehead atoms. The van der Waals surface area contributed by atoms with E-state index in [2.05, 4.69) is 9.88 Å². The summed E-state index contributed by atoms with van der Waals surface area (Å²) in [4.78, 5) is 6.29. The van der Waals surface area contributed by atoms with Crippen LogP contribution < -0.4 is 4.74 Å². The number of sulfone groups is 1. The molecule has 1 fully saturated rings. The van der Waals surface area contributed by atoms with Crippen molar-refractivity contribution >= 4 is 9.84 Å². The molecular weight excluding hydrogens is 304 g/mol. The number of pyridine rings is 1. The van der Waals surface area contributed by atoms with E-state index in [0.717, 1.165) is 25.3 Å². The molecule has 1 aliphatic rings. The third kappa shape index (κ3) is 5.55. The molecule has 0 amide bonds. The second-order valence-electron chi connectivity index (χ2n) is 5.73. The second-order valence-corrected chi connectivity index (χ2v) is 7.99. The van der Waals surface area contributed by atoms with Crippen LogP contribution in [0.5, 0.6) is 5.75 Å².